The Balaban J connectivity index is 2.20. The van der Waals surface area contributed by atoms with Crippen molar-refractivity contribution in [2.75, 3.05) is 5.32 Å². The molecule has 2 rings (SSSR count). The molecular weight excluding hydrogens is 326 g/mol. The van der Waals surface area contributed by atoms with E-state index in [1.54, 1.807) is 26.0 Å². The molecule has 2 atom stereocenters. The Morgan fingerprint density at radius 1 is 1.30 bits per heavy atom. The number of aliphatic carboxylic acids is 1. The number of carbonyl (C=O) groups excluding carboxylic acids is 1. The maximum atomic E-state index is 12.2. The van der Waals surface area contributed by atoms with Gasteiger partial charge >= 0.3 is 5.97 Å². The van der Waals surface area contributed by atoms with E-state index in [0.29, 0.717) is 4.47 Å². The van der Waals surface area contributed by atoms with Crippen LogP contribution in [0.3, 0.4) is 0 Å². The van der Waals surface area contributed by atoms with Crippen molar-refractivity contribution in [1.29, 1.82) is 0 Å². The van der Waals surface area contributed by atoms with Crippen molar-refractivity contribution in [3.05, 3.63) is 22.2 Å². The van der Waals surface area contributed by atoms with Crippen molar-refractivity contribution in [1.82, 2.24) is 0 Å². The van der Waals surface area contributed by atoms with Gasteiger partial charge in [0.25, 0.3) is 0 Å². The van der Waals surface area contributed by atoms with Gasteiger partial charge in [0.1, 0.15) is 0 Å². The second-order valence-electron chi connectivity index (χ2n) is 5.75. The Morgan fingerprint density at radius 3 is 2.40 bits per heavy atom. The number of hydrogen-bond donors (Lipinski definition) is 3. The number of carbonyl (C=O) groups is 2. The minimum atomic E-state index is -0.968. The van der Waals surface area contributed by atoms with Crippen molar-refractivity contribution in [2.45, 2.75) is 20.8 Å². The number of carboxylic acid groups (broad SMARTS) is 1. The van der Waals surface area contributed by atoms with E-state index in [4.69, 9.17) is 5.11 Å². The Bertz CT molecular complexity index is 597. The molecule has 0 unspecified atom stereocenters. The lowest BCUT2D eigenvalue weighted by atomic mass is 10.1. The maximum Gasteiger partial charge on any atom is 0.307 e. The average Bonchev–Trinajstić information content (AvgIpc) is 2.89. The van der Waals surface area contributed by atoms with Gasteiger partial charge in [0.2, 0.25) is 5.91 Å². The molecule has 1 aliphatic rings. The predicted octanol–water partition coefficient (Wildman–Crippen LogP) is 2.76. The number of phenols is 1. The molecule has 0 heterocycles. The molecule has 108 valence electrons. The van der Waals surface area contributed by atoms with E-state index in [2.05, 4.69) is 21.2 Å². The molecule has 1 saturated carbocycles. The third-order valence-electron chi connectivity index (χ3n) is 3.84. The minimum Gasteiger partial charge on any atom is -0.505 e. The van der Waals surface area contributed by atoms with Crippen LogP contribution in [-0.2, 0) is 9.59 Å². The molecule has 1 aromatic rings. The molecule has 3 N–H and O–H groups in total. The highest BCUT2D eigenvalue weighted by atomic mass is 79.9. The number of hydrogen-bond acceptors (Lipinski definition) is 3. The Morgan fingerprint density at radius 2 is 1.90 bits per heavy atom. The van der Waals surface area contributed by atoms with E-state index >= 15 is 0 Å². The molecule has 20 heavy (non-hydrogen) atoms. The second-order valence-corrected chi connectivity index (χ2v) is 6.60. The third-order valence-corrected chi connectivity index (χ3v) is 4.45. The quantitative estimate of drug-likeness (QED) is 0.737. The Labute approximate surface area is 125 Å². The van der Waals surface area contributed by atoms with Crippen LogP contribution >= 0.6 is 15.9 Å². The van der Waals surface area contributed by atoms with E-state index in [9.17, 15) is 14.7 Å². The number of aromatic hydroxyl groups is 1. The Kier molecular flexibility index (Phi) is 3.54. The highest BCUT2D eigenvalue weighted by molar-refractivity contribution is 9.10. The smallest absolute Gasteiger partial charge is 0.307 e. The molecule has 6 heteroatoms. The maximum absolute atomic E-state index is 12.2. The SMILES string of the molecule is Cc1cc(Br)c(O)c(NC(=O)[C@@H]2[C@H](C(=O)O)C2(C)C)c1. The van der Waals surface area contributed by atoms with Crippen LogP contribution in [0.2, 0.25) is 0 Å². The van der Waals surface area contributed by atoms with Gasteiger partial charge in [0.15, 0.2) is 5.75 Å². The monoisotopic (exact) mass is 341 g/mol. The lowest BCUT2D eigenvalue weighted by molar-refractivity contribution is -0.140. The van der Waals surface area contributed by atoms with Gasteiger partial charge in [-0.05, 0) is 46.0 Å². The van der Waals surface area contributed by atoms with Gasteiger partial charge in [0.05, 0.1) is 22.0 Å². The number of anilines is 1. The van der Waals surface area contributed by atoms with Gasteiger partial charge in [-0.2, -0.15) is 0 Å². The van der Waals surface area contributed by atoms with Crippen LogP contribution in [0.15, 0.2) is 16.6 Å². The van der Waals surface area contributed by atoms with Gasteiger partial charge in [-0.25, -0.2) is 0 Å². The summed E-state index contributed by atoms with van der Waals surface area (Å²) in [5.74, 6) is -2.68. The van der Waals surface area contributed by atoms with E-state index in [0.717, 1.165) is 5.56 Å². The topological polar surface area (TPSA) is 86.6 Å². The fraction of sp³-hybridized carbons (Fsp3) is 0.429. The van der Waals surface area contributed by atoms with Crippen LogP contribution in [0.25, 0.3) is 0 Å². The molecule has 0 radical (unpaired) electrons. The number of carboxylic acids is 1. The first-order valence-electron chi connectivity index (χ1n) is 6.19. The third kappa shape index (κ3) is 2.40. The molecule has 0 saturated heterocycles. The summed E-state index contributed by atoms with van der Waals surface area (Å²) in [6.45, 7) is 5.34. The van der Waals surface area contributed by atoms with Crippen LogP contribution in [0.5, 0.6) is 5.75 Å². The molecule has 1 amide bonds. The zero-order chi connectivity index (χ0) is 15.2. The molecule has 0 aromatic heterocycles. The largest absolute Gasteiger partial charge is 0.505 e. The van der Waals surface area contributed by atoms with Gasteiger partial charge in [-0.15, -0.1) is 0 Å². The van der Waals surface area contributed by atoms with Crippen molar-refractivity contribution in [3.8, 4) is 5.75 Å². The van der Waals surface area contributed by atoms with Gasteiger partial charge < -0.3 is 15.5 Å². The normalized spacial score (nSPS) is 23.2. The number of aryl methyl sites for hydroxylation is 1. The second kappa shape index (κ2) is 4.77. The van der Waals surface area contributed by atoms with Crippen LogP contribution in [0.4, 0.5) is 5.69 Å². The van der Waals surface area contributed by atoms with Crippen molar-refractivity contribution < 1.29 is 19.8 Å². The van der Waals surface area contributed by atoms with Crippen LogP contribution in [0, 0.1) is 24.2 Å². The summed E-state index contributed by atoms with van der Waals surface area (Å²) in [5.41, 5.74) is 0.593. The minimum absolute atomic E-state index is 0.0609. The number of amides is 1. The van der Waals surface area contributed by atoms with Crippen molar-refractivity contribution in [3.63, 3.8) is 0 Å². The number of halogens is 1. The standard InChI is InChI=1S/C14H16BrNO4/c1-6-4-7(15)11(17)8(5-6)16-12(18)9-10(13(19)20)14(9,2)3/h4-5,9-10,17H,1-3H3,(H,16,18)(H,19,20)/t9-,10+/m0/s1. The van der Waals surface area contributed by atoms with Gasteiger partial charge in [0, 0.05) is 0 Å². The summed E-state index contributed by atoms with van der Waals surface area (Å²) in [7, 11) is 0. The lowest BCUT2D eigenvalue weighted by Gasteiger charge is -2.10. The van der Waals surface area contributed by atoms with E-state index in [1.807, 2.05) is 6.92 Å². The summed E-state index contributed by atoms with van der Waals surface area (Å²) >= 11 is 3.20. The molecule has 1 fully saturated rings. The molecule has 0 aliphatic heterocycles. The van der Waals surface area contributed by atoms with Crippen molar-refractivity contribution >= 4 is 33.5 Å². The number of benzene rings is 1. The van der Waals surface area contributed by atoms with E-state index in [1.165, 1.54) is 0 Å². The summed E-state index contributed by atoms with van der Waals surface area (Å²) in [6.07, 6.45) is 0. The van der Waals surface area contributed by atoms with E-state index in [-0.39, 0.29) is 17.3 Å². The molecule has 5 nitrogen and oxygen atoms in total. The highest BCUT2D eigenvalue weighted by Crippen LogP contribution is 2.58. The van der Waals surface area contributed by atoms with Gasteiger partial charge in [-0.3, -0.25) is 9.59 Å². The highest BCUT2D eigenvalue weighted by Gasteiger charge is 2.65. The van der Waals surface area contributed by atoms with E-state index < -0.39 is 23.2 Å². The van der Waals surface area contributed by atoms with Crippen LogP contribution in [0.1, 0.15) is 19.4 Å². The summed E-state index contributed by atoms with van der Waals surface area (Å²) in [6, 6.07) is 3.37. The molecule has 1 aromatic carbocycles. The van der Waals surface area contributed by atoms with Crippen molar-refractivity contribution in [2.24, 2.45) is 17.3 Å². The number of nitrogens with one attached hydrogen (secondary N) is 1. The number of phenolic OH excluding ortho intramolecular Hbond substituents is 1. The van der Waals surface area contributed by atoms with Gasteiger partial charge in [-0.1, -0.05) is 13.8 Å². The summed E-state index contributed by atoms with van der Waals surface area (Å²) < 4.78 is 0.484. The first-order valence-corrected chi connectivity index (χ1v) is 6.98. The molecule has 0 bridgehead atoms. The summed E-state index contributed by atoms with van der Waals surface area (Å²) in [4.78, 5) is 23.3. The fourth-order valence-corrected chi connectivity index (χ4v) is 3.20. The Hall–Kier alpha value is -1.56. The summed E-state index contributed by atoms with van der Waals surface area (Å²) in [5, 5.41) is 21.6. The lowest BCUT2D eigenvalue weighted by Crippen LogP contribution is -2.18. The predicted molar refractivity (Wildman–Crippen MR) is 77.6 cm³/mol. The first-order chi connectivity index (χ1) is 9.16. The fourth-order valence-electron chi connectivity index (χ4n) is 2.63. The average molecular weight is 342 g/mol. The van der Waals surface area contributed by atoms with Crippen LogP contribution in [-0.4, -0.2) is 22.1 Å². The molecular formula is C14H16BrNO4. The number of rotatable bonds is 3. The first kappa shape index (κ1) is 14.8. The zero-order valence-electron chi connectivity index (χ0n) is 11.4. The molecule has 1 aliphatic carbocycles. The zero-order valence-corrected chi connectivity index (χ0v) is 13.0. The van der Waals surface area contributed by atoms with Crippen LogP contribution < -0.4 is 5.32 Å². The molecule has 0 spiro atoms.